The highest BCUT2D eigenvalue weighted by Crippen LogP contribution is 2.78. The second-order valence-electron chi connectivity index (χ2n) is 39.5. The highest BCUT2D eigenvalue weighted by atomic mass is 16.4. The van der Waals surface area contributed by atoms with E-state index in [0.717, 1.165) is 89.9 Å². The van der Waals surface area contributed by atoms with Gasteiger partial charge in [0.2, 0.25) is 0 Å². The summed E-state index contributed by atoms with van der Waals surface area (Å²) in [7, 11) is 0. The van der Waals surface area contributed by atoms with E-state index in [4.69, 9.17) is 0 Å². The summed E-state index contributed by atoms with van der Waals surface area (Å²) in [6.45, 7) is 40.0. The van der Waals surface area contributed by atoms with Gasteiger partial charge in [0.25, 0.3) is 0 Å². The molecule has 0 heterocycles. The molecule has 26 atom stereocenters. The number of allylic oxidation sites excluding steroid dienone is 5. The van der Waals surface area contributed by atoms with Crippen molar-refractivity contribution < 1.29 is 45.0 Å². The largest absolute Gasteiger partial charge is 0.481 e. The van der Waals surface area contributed by atoms with E-state index in [1.807, 2.05) is 19.9 Å². The first-order valence-corrected chi connectivity index (χ1v) is 37.4. The average molecular weight is 1250 g/mol. The number of fused-ring (bicyclic) bond motifs is 19. The Morgan fingerprint density at radius 3 is 1.84 bits per heavy atom. The Morgan fingerprint density at radius 2 is 1.20 bits per heavy atom. The Hall–Kier alpha value is -2.17. The minimum absolute atomic E-state index is 0.0245. The third-order valence-corrected chi connectivity index (χ3v) is 34.8. The molecular formula is C81H128O9. The van der Waals surface area contributed by atoms with Crippen molar-refractivity contribution in [3.05, 3.63) is 34.9 Å². The Balaban J connectivity index is 0.000000133. The molecule has 14 rings (SSSR count). The summed E-state index contributed by atoms with van der Waals surface area (Å²) < 4.78 is 0. The summed E-state index contributed by atoms with van der Waals surface area (Å²) >= 11 is 0. The van der Waals surface area contributed by atoms with Crippen LogP contribution in [0.2, 0.25) is 0 Å². The van der Waals surface area contributed by atoms with E-state index in [9.17, 15) is 45.0 Å². The van der Waals surface area contributed by atoms with Gasteiger partial charge in [0.15, 0.2) is 5.78 Å². The first kappa shape index (κ1) is 67.8. The molecule has 9 nitrogen and oxygen atoms in total. The van der Waals surface area contributed by atoms with Crippen LogP contribution in [0, 0.1) is 135 Å². The maximum absolute atomic E-state index is 14.2. The van der Waals surface area contributed by atoms with Crippen LogP contribution in [-0.4, -0.2) is 79.2 Å². The number of carbonyl (C=O) groups excluding carboxylic acids is 2. The Kier molecular flexibility index (Phi) is 16.3. The second-order valence-corrected chi connectivity index (χ2v) is 39.5. The second kappa shape index (κ2) is 21.7. The van der Waals surface area contributed by atoms with Gasteiger partial charge in [-0.1, -0.05) is 133 Å². The number of aliphatic carboxylic acids is 1. The van der Waals surface area contributed by atoms with Crippen LogP contribution in [0.3, 0.4) is 0 Å². The molecule has 9 heteroatoms. The predicted molar refractivity (Wildman–Crippen MR) is 358 cm³/mol. The van der Waals surface area contributed by atoms with Crippen LogP contribution < -0.4 is 0 Å². The van der Waals surface area contributed by atoms with Crippen LogP contribution in [0.15, 0.2) is 34.9 Å². The molecule has 0 amide bonds. The summed E-state index contributed by atoms with van der Waals surface area (Å²) in [6, 6.07) is 0. The number of rotatable bonds is 3. The van der Waals surface area contributed by atoms with Crippen molar-refractivity contribution in [3.63, 3.8) is 0 Å². The Labute approximate surface area is 545 Å². The highest BCUT2D eigenvalue weighted by molar-refractivity contribution is 5.96. The zero-order valence-electron chi connectivity index (χ0n) is 59.8. The number of carboxylic acid groups (broad SMARTS) is 1. The minimum Gasteiger partial charge on any atom is -0.481 e. The number of hydrogen-bond donors (Lipinski definition) is 6. The van der Waals surface area contributed by atoms with Gasteiger partial charge in [-0.3, -0.25) is 14.4 Å². The molecule has 0 bridgehead atoms. The molecule has 0 aliphatic heterocycles. The average Bonchev–Trinajstić information content (AvgIpc) is 0.797. The SMILES string of the molecule is CC1(C)C(=O)CC[C@]2(C)C3C(=O)C=C4C5C[C@@](C)(C(=O)O)CC[C@]5(C)CC[C@@]4(C)[C@]3(C)CC[C@@H]12.CC1(C)C2CC[C@]3(C)C(CC=C4[C@@H]5C[C@@](C)(CO)CC[C@]5(C)CC[C@]43C)[C@@]2(C)CC[C@@H]1O.C[C@@H](O)C1CCC2C3CCC4=C[C@@H](O)CC[C@]4(C)C3[C@@H](O)C[C@@]21C. The summed E-state index contributed by atoms with van der Waals surface area (Å²) in [6.07, 6.45) is 33.0. The van der Waals surface area contributed by atoms with Gasteiger partial charge in [0.05, 0.1) is 29.8 Å². The van der Waals surface area contributed by atoms with E-state index in [1.54, 1.807) is 5.57 Å². The Bertz CT molecular complexity index is 2970. The molecule has 0 aromatic carbocycles. The van der Waals surface area contributed by atoms with E-state index < -0.39 is 11.4 Å². The molecule has 0 radical (unpaired) electrons. The monoisotopic (exact) mass is 1240 g/mol. The molecular weight excluding hydrogens is 1120 g/mol. The molecule has 14 aliphatic carbocycles. The number of Topliss-reactive ketones (excluding diaryl/α,β-unsaturated/α-hetero) is 1. The summed E-state index contributed by atoms with van der Waals surface area (Å²) in [5, 5.41) is 62.7. The summed E-state index contributed by atoms with van der Waals surface area (Å²) in [5.74, 6) is 4.06. The molecule has 506 valence electrons. The summed E-state index contributed by atoms with van der Waals surface area (Å²) in [5.41, 5.74) is 4.60. The van der Waals surface area contributed by atoms with Crippen LogP contribution in [0.5, 0.6) is 0 Å². The fourth-order valence-electron chi connectivity index (χ4n) is 28.4. The van der Waals surface area contributed by atoms with Gasteiger partial charge in [-0.15, -0.1) is 0 Å². The van der Waals surface area contributed by atoms with Gasteiger partial charge in [-0.2, -0.15) is 0 Å². The Morgan fingerprint density at radius 1 is 0.589 bits per heavy atom. The van der Waals surface area contributed by atoms with E-state index in [1.165, 1.54) is 75.4 Å². The molecule has 0 saturated heterocycles. The van der Waals surface area contributed by atoms with Crippen molar-refractivity contribution in [1.82, 2.24) is 0 Å². The van der Waals surface area contributed by atoms with Gasteiger partial charge in [-0.25, -0.2) is 0 Å². The van der Waals surface area contributed by atoms with Gasteiger partial charge in [0.1, 0.15) is 5.78 Å². The molecule has 6 N–H and O–H groups in total. The van der Waals surface area contributed by atoms with Crippen LogP contribution in [-0.2, 0) is 14.4 Å². The zero-order chi connectivity index (χ0) is 65.8. The number of hydrogen-bond acceptors (Lipinski definition) is 8. The molecule has 0 spiro atoms. The van der Waals surface area contributed by atoms with E-state index >= 15 is 0 Å². The van der Waals surface area contributed by atoms with Crippen molar-refractivity contribution >= 4 is 17.5 Å². The molecule has 0 aromatic rings. The molecule has 90 heavy (non-hydrogen) atoms. The molecule has 11 fully saturated rings. The lowest BCUT2D eigenvalue weighted by Crippen LogP contribution is -2.66. The molecule has 14 aliphatic rings. The standard InChI is InChI=1S/C30H44O4.C30H50O2.C21H34O3/c1-25(2)21-8-11-30(7)23(28(21,5)10-9-22(25)32)20(31)16-18-19-17-27(4,24(33)34)13-12-26(19,3)14-15-29(18,30)6;1-25(2)22-10-13-30(7)23(28(22,5)12-11-24(25)32)9-8-20-21-18-26(3,19-31)14-15-27(21,4)16-17-29(20,30)6;1-12(22)16-6-7-17-15-5-4-13-10-14(23)8-9-20(13,2)19(15)18(24)11-21(16,17)3/h16,19,21,23H,8-15,17H2,1-7H3,(H,33,34);8,21-24,31-32H,9-19H2,1-7H3;10,12,14-19,22-24H,4-9,11H2,1-3H3/t19?,21-,23?,26+,27-,28-,29+,30+;21-,22?,23?,24-,26-,27+,28-,29+,30+;12-,14+,15?,16?,17?,18+,19?,20+,21-/m001/s1. The zero-order valence-corrected chi connectivity index (χ0v) is 59.8. The predicted octanol–water partition coefficient (Wildman–Crippen LogP) is 17.0. The number of ketones is 2. The molecule has 0 aromatic heterocycles. The van der Waals surface area contributed by atoms with Gasteiger partial charge in [0, 0.05) is 24.4 Å². The fourth-order valence-corrected chi connectivity index (χ4v) is 28.4. The maximum Gasteiger partial charge on any atom is 0.309 e. The van der Waals surface area contributed by atoms with Crippen LogP contribution in [0.1, 0.15) is 285 Å². The van der Waals surface area contributed by atoms with Crippen molar-refractivity contribution in [2.75, 3.05) is 6.61 Å². The number of aliphatic hydroxyl groups is 5. The van der Waals surface area contributed by atoms with Crippen LogP contribution >= 0.6 is 0 Å². The number of aliphatic hydroxyl groups excluding tert-OH is 5. The van der Waals surface area contributed by atoms with Crippen LogP contribution in [0.25, 0.3) is 0 Å². The first-order chi connectivity index (χ1) is 41.6. The first-order valence-electron chi connectivity index (χ1n) is 37.4. The van der Waals surface area contributed by atoms with Gasteiger partial charge in [-0.05, 0) is 299 Å². The minimum atomic E-state index is -0.721. The van der Waals surface area contributed by atoms with E-state index in [-0.39, 0.29) is 102 Å². The molecule has 11 saturated carbocycles. The van der Waals surface area contributed by atoms with Crippen molar-refractivity contribution in [2.24, 2.45) is 135 Å². The highest BCUT2D eigenvalue weighted by Gasteiger charge is 2.72. The van der Waals surface area contributed by atoms with Crippen molar-refractivity contribution in [2.45, 2.75) is 309 Å². The molecule has 8 unspecified atom stereocenters. The number of carbonyl (C=O) groups is 3. The van der Waals surface area contributed by atoms with Crippen LogP contribution in [0.4, 0.5) is 0 Å². The lowest BCUT2D eigenvalue weighted by atomic mass is 9.33. The topological polar surface area (TPSA) is 173 Å². The van der Waals surface area contributed by atoms with E-state index in [2.05, 4.69) is 116 Å². The lowest BCUT2D eigenvalue weighted by molar-refractivity contribution is -0.203. The quantitative estimate of drug-likeness (QED) is 0.150. The van der Waals surface area contributed by atoms with Gasteiger partial charge >= 0.3 is 5.97 Å². The lowest BCUT2D eigenvalue weighted by Gasteiger charge is -2.71. The van der Waals surface area contributed by atoms with Crippen molar-refractivity contribution in [3.8, 4) is 0 Å². The van der Waals surface area contributed by atoms with E-state index in [0.29, 0.717) is 82.9 Å². The normalized spacial score (nSPS) is 54.6. The maximum atomic E-state index is 14.2. The fraction of sp³-hybridized carbons (Fsp3) is 0.889. The van der Waals surface area contributed by atoms with Gasteiger partial charge < -0.3 is 30.6 Å². The summed E-state index contributed by atoms with van der Waals surface area (Å²) in [4.78, 5) is 39.3. The third-order valence-electron chi connectivity index (χ3n) is 34.8. The third kappa shape index (κ3) is 9.36. The van der Waals surface area contributed by atoms with Crippen molar-refractivity contribution in [1.29, 1.82) is 0 Å². The number of carboxylic acids is 1. The smallest absolute Gasteiger partial charge is 0.309 e.